The summed E-state index contributed by atoms with van der Waals surface area (Å²) in [6, 6.07) is 29.6. The van der Waals surface area contributed by atoms with Crippen molar-refractivity contribution in [1.82, 2.24) is 73.0 Å². The molecule has 0 bridgehead atoms. The fraction of sp³-hybridized carbons (Fsp3) is 0.437. The summed E-state index contributed by atoms with van der Waals surface area (Å²) < 4.78 is 14.3. The molecule has 2 fully saturated rings. The Morgan fingerprint density at radius 3 is 1.88 bits per heavy atom. The first-order valence-electron chi connectivity index (χ1n) is 40.6. The Morgan fingerprint density at radius 1 is 0.632 bits per heavy atom. The topological polar surface area (TPSA) is 455 Å². The lowest BCUT2D eigenvalue weighted by atomic mass is 9.73. The molecular weight excluding hydrogens is 1510 g/mol. The number of carbonyl (C=O) groups is 9. The number of pyridine rings is 1. The van der Waals surface area contributed by atoms with Crippen molar-refractivity contribution in [2.24, 2.45) is 17.4 Å². The number of H-pyrrole nitrogens is 2. The number of rotatable bonds is 27. The van der Waals surface area contributed by atoms with Gasteiger partial charge in [-0.25, -0.2) is 0 Å². The van der Waals surface area contributed by atoms with Crippen LogP contribution in [0.5, 0.6) is 5.75 Å². The van der Waals surface area contributed by atoms with Crippen molar-refractivity contribution < 1.29 is 57.6 Å². The van der Waals surface area contributed by atoms with Crippen molar-refractivity contribution >= 4 is 91.6 Å². The molecule has 622 valence electrons. The summed E-state index contributed by atoms with van der Waals surface area (Å²) in [7, 11) is 0.519. The van der Waals surface area contributed by atoms with E-state index in [-0.39, 0.29) is 131 Å². The molecule has 2 saturated heterocycles. The van der Waals surface area contributed by atoms with Crippen LogP contribution in [0, 0.1) is 11.3 Å². The number of Topliss-reactive ketones (excluding diaryl/α,β-unsaturated/α-hetero) is 1. The molecule has 1 aliphatic carbocycles. The zero-order chi connectivity index (χ0) is 82.9. The summed E-state index contributed by atoms with van der Waals surface area (Å²) in [6.07, 6.45) is 8.55. The van der Waals surface area contributed by atoms with Crippen LogP contribution < -0.4 is 64.6 Å². The number of ketones is 1. The fourth-order valence-corrected chi connectivity index (χ4v) is 17.6. The van der Waals surface area contributed by atoms with Crippen LogP contribution in [0.25, 0.3) is 21.8 Å². The van der Waals surface area contributed by atoms with Gasteiger partial charge in [0.25, 0.3) is 0 Å². The molecule has 5 aromatic carbocycles. The van der Waals surface area contributed by atoms with Gasteiger partial charge in [0.15, 0.2) is 11.7 Å². The van der Waals surface area contributed by atoms with Gasteiger partial charge < -0.3 is 89.7 Å². The lowest BCUT2D eigenvalue weighted by Crippen LogP contribution is -2.62. The number of guanidine groups is 1. The normalized spacial score (nSPS) is 23.4. The van der Waals surface area contributed by atoms with Crippen LogP contribution in [0.3, 0.4) is 0 Å². The number of nitrogens with one attached hydrogen (secondary N) is 13. The first-order chi connectivity index (χ1) is 56.5. The minimum absolute atomic E-state index is 0.00342. The minimum atomic E-state index is -1.66. The summed E-state index contributed by atoms with van der Waals surface area (Å²) in [5, 5.41) is 60.9. The Bertz CT molecular complexity index is 4720. The number of likely N-dealkylation sites (tertiary alicyclic amines) is 1. The van der Waals surface area contributed by atoms with E-state index in [0.717, 1.165) is 34.8 Å². The molecule has 2 aliphatic heterocycles. The maximum absolute atomic E-state index is 15.5. The maximum atomic E-state index is 15.5. The summed E-state index contributed by atoms with van der Waals surface area (Å²) in [5.74, 6) is -6.63. The molecule has 117 heavy (non-hydrogen) atoms. The molecule has 0 radical (unpaired) electrons. The van der Waals surface area contributed by atoms with E-state index < -0.39 is 119 Å². The molecule has 30 heteroatoms. The second-order valence-electron chi connectivity index (χ2n) is 31.3. The van der Waals surface area contributed by atoms with Gasteiger partial charge in [0.2, 0.25) is 47.3 Å². The Hall–Kier alpha value is -11.2. The average molecular weight is 1620 g/mol. The quantitative estimate of drug-likeness (QED) is 0.0198. The summed E-state index contributed by atoms with van der Waals surface area (Å²) in [4.78, 5) is 149. The Kier molecular flexibility index (Phi) is 31.6. The average Bonchev–Trinajstić information content (AvgIpc) is 1.70. The predicted octanol–water partition coefficient (Wildman–Crippen LogP) is 3.81. The number of likely N-dealkylation sites (N-methyl/N-ethyl adjacent to an activating group) is 1. The van der Waals surface area contributed by atoms with Gasteiger partial charge in [-0.15, -0.1) is 0 Å². The number of phenols is 1. The summed E-state index contributed by atoms with van der Waals surface area (Å²) in [5.41, 5.74) is 19.2. The summed E-state index contributed by atoms with van der Waals surface area (Å²) in [6.45, 7) is 2.30. The number of aliphatic hydroxyl groups excluding tert-OH is 1. The van der Waals surface area contributed by atoms with Crippen molar-refractivity contribution in [3.63, 3.8) is 0 Å². The van der Waals surface area contributed by atoms with Gasteiger partial charge in [-0.2, -0.15) is 0 Å². The highest BCUT2D eigenvalue weighted by atomic mass is 32.2. The van der Waals surface area contributed by atoms with E-state index >= 15 is 24.0 Å². The SMILES string of the molecule is C[C@@H](O)[C@@H]1NC(=O)[C@H](CCCCN)NC(=O)[C@@H](Cc2c[nH]c3ccccc23)NC(=O)[C@H](Cc2ccncc2)NC(=O)[C@H](Cc2ccccc2)NC(=O)[C@H](CCCNC(=N)N)NC(=O)[C@H](NC[C@H](Cc2ccc(O)cc2)NC(=O)CS(=O)C[C@@H]2C[C@@H]3c4cccc5[nH]cc(c45)C[C@H]3N(C)C2)CCCCCC(=O)[C@H](Cc2ccccc2)NC1=O. The number of hydrogen-bond acceptors (Lipinski definition) is 17. The van der Waals surface area contributed by atoms with Gasteiger partial charge in [-0.05, 0) is 172 Å². The van der Waals surface area contributed by atoms with Gasteiger partial charge in [-0.3, -0.25) is 57.8 Å². The number of benzene rings is 5. The van der Waals surface area contributed by atoms with Crippen LogP contribution >= 0.6 is 0 Å². The number of piperidine rings is 1. The van der Waals surface area contributed by atoms with Gasteiger partial charge >= 0.3 is 0 Å². The van der Waals surface area contributed by atoms with Gasteiger partial charge in [0, 0.05) is 126 Å². The van der Waals surface area contributed by atoms with Crippen LogP contribution in [0.2, 0.25) is 0 Å². The lowest BCUT2D eigenvalue weighted by Gasteiger charge is -2.45. The third kappa shape index (κ3) is 24.9. The molecule has 8 aromatic rings. The van der Waals surface area contributed by atoms with Gasteiger partial charge in [0.1, 0.15) is 47.8 Å². The third-order valence-electron chi connectivity index (χ3n) is 22.4. The van der Waals surface area contributed by atoms with E-state index in [4.69, 9.17) is 16.9 Å². The molecule has 11 rings (SSSR count). The number of hydrogen-bond donors (Lipinski definition) is 17. The molecule has 0 saturated carbocycles. The van der Waals surface area contributed by atoms with Crippen molar-refractivity contribution in [3.8, 4) is 5.75 Å². The first-order valence-corrected chi connectivity index (χ1v) is 42.1. The molecule has 1 unspecified atom stereocenters. The van der Waals surface area contributed by atoms with E-state index in [1.54, 1.807) is 91.1 Å². The number of aromatic amines is 2. The standard InChI is InChI=1S/C87H111N17O12S/c1-53(105)79-86(115)99-71(42-54-18-6-3-7-19-54)76(107)29-11-5-10-25-68(95-49-61(40-56-30-32-62(106)33-31-56)96-77(108)52-117(116)51-58-41-65-64-23-16-27-67-78(64)60(48-94-67)46-75(65)104(2)50-58)80(109)97-70(28-17-37-92-87(89)90)81(110)100-72(43-55-20-8-4-9-21-55)83(112)101-73(44-57-34-38-91-39-35-57)84(113)102-74(45-59-47-93-66-24-13-12-22-63(59)66)85(114)98-69(82(111)103-79)26-14-15-36-88/h3-4,6-9,12-13,16,18-24,27,30-35,38-39,47-48,53,58,61,65,68-75,79,93-95,105-106H,5,10-11,14-15,17,25-26,28-29,36-37,40-46,49-52,88H2,1-2H3,(H,96,108)(H,97,109)(H,98,114)(H,99,115)(H,100,110)(H,101,112)(H,102,113)(H,103,111)(H4,89,90,92)/t53-,58-,61+,65-,68-,69+,70+,71+,72+,73+,74-,75-,79+,117?/m1/s1. The number of aromatic nitrogens is 3. The predicted molar refractivity (Wildman–Crippen MR) is 448 cm³/mol. The van der Waals surface area contributed by atoms with Crippen LogP contribution in [0.4, 0.5) is 0 Å². The highest BCUT2D eigenvalue weighted by molar-refractivity contribution is 7.85. The number of unbranched alkanes of at least 4 members (excludes halogenated alkanes) is 1. The first kappa shape index (κ1) is 86.7. The Balaban J connectivity index is 0.909. The number of amides is 8. The minimum Gasteiger partial charge on any atom is -0.508 e. The third-order valence-corrected chi connectivity index (χ3v) is 23.8. The molecule has 19 N–H and O–H groups in total. The molecule has 8 amide bonds. The van der Waals surface area contributed by atoms with Crippen LogP contribution in [-0.4, -0.2) is 205 Å². The number of nitrogens with two attached hydrogens (primary N) is 2. The monoisotopic (exact) mass is 1620 g/mol. The highest BCUT2D eigenvalue weighted by Crippen LogP contribution is 2.44. The van der Waals surface area contributed by atoms with Crippen LogP contribution in [-0.2, 0) is 92.5 Å². The molecule has 29 nitrogen and oxygen atoms in total. The van der Waals surface area contributed by atoms with E-state index in [9.17, 15) is 33.6 Å². The van der Waals surface area contributed by atoms with E-state index in [1.807, 2.05) is 24.3 Å². The second-order valence-corrected chi connectivity index (χ2v) is 32.8. The molecule has 0 spiro atoms. The lowest BCUT2D eigenvalue weighted by molar-refractivity contribution is -0.136. The number of aliphatic hydroxyl groups is 1. The zero-order valence-electron chi connectivity index (χ0n) is 66.3. The number of phenolic OH excluding ortho intramolecular Hbond substituents is 1. The number of nitrogens with zero attached hydrogens (tertiary/aromatic N) is 2. The largest absolute Gasteiger partial charge is 0.508 e. The van der Waals surface area contributed by atoms with Crippen molar-refractivity contribution in [2.75, 3.05) is 44.7 Å². The van der Waals surface area contributed by atoms with Gasteiger partial charge in [0.05, 0.1) is 18.2 Å². The maximum Gasteiger partial charge on any atom is 0.245 e. The molecule has 5 heterocycles. The number of carbonyl (C=O) groups excluding carboxylic acids is 9. The number of para-hydroxylation sites is 1. The van der Waals surface area contributed by atoms with E-state index in [2.05, 4.69) is 104 Å². The van der Waals surface area contributed by atoms with Crippen LogP contribution in [0.1, 0.15) is 122 Å². The van der Waals surface area contributed by atoms with Crippen molar-refractivity contribution in [2.45, 2.75) is 189 Å². The Labute approximate surface area is 683 Å². The van der Waals surface area contributed by atoms with Crippen molar-refractivity contribution in [3.05, 3.63) is 203 Å². The van der Waals surface area contributed by atoms with E-state index in [0.29, 0.717) is 60.2 Å². The smallest absolute Gasteiger partial charge is 0.245 e. The van der Waals surface area contributed by atoms with Gasteiger partial charge in [-0.1, -0.05) is 116 Å². The zero-order valence-corrected chi connectivity index (χ0v) is 67.1. The van der Waals surface area contributed by atoms with Crippen LogP contribution in [0.15, 0.2) is 164 Å². The number of fused-ring (bicyclic) bond motifs is 3. The highest BCUT2D eigenvalue weighted by Gasteiger charge is 2.41. The number of aromatic hydroxyl groups is 1. The van der Waals surface area contributed by atoms with E-state index in [1.165, 1.54) is 48.0 Å². The fourth-order valence-electron chi connectivity index (χ4n) is 16.3. The molecule has 3 aromatic heterocycles. The molecule has 3 aliphatic rings. The molecular formula is C87H111N17O12S. The van der Waals surface area contributed by atoms with Crippen molar-refractivity contribution in [1.29, 1.82) is 5.41 Å². The molecule has 14 atom stereocenters. The Morgan fingerprint density at radius 2 is 1.21 bits per heavy atom. The second kappa shape index (κ2) is 42.6. The summed E-state index contributed by atoms with van der Waals surface area (Å²) >= 11 is 0.